The minimum absolute atomic E-state index is 0.135. The number of aromatic nitrogens is 1. The van der Waals surface area contributed by atoms with Crippen molar-refractivity contribution in [3.63, 3.8) is 0 Å². The highest BCUT2D eigenvalue weighted by Gasteiger charge is 2.38. The number of carbonyl (C=O) groups is 2. The molecule has 8 nitrogen and oxygen atoms in total. The summed E-state index contributed by atoms with van der Waals surface area (Å²) in [6.07, 6.45) is -7.06. The van der Waals surface area contributed by atoms with Gasteiger partial charge in [-0.05, 0) is 50.4 Å². The highest BCUT2D eigenvalue weighted by molar-refractivity contribution is 7.09. The number of nitrogens with zero attached hydrogens (tertiary/aromatic N) is 2. The molecule has 2 aromatic heterocycles. The lowest BCUT2D eigenvalue weighted by Crippen LogP contribution is -2.37. The number of aliphatic carboxylic acids is 2. The summed E-state index contributed by atoms with van der Waals surface area (Å²) in [6, 6.07) is 8.54. The molecule has 0 saturated carbocycles. The molecule has 0 bridgehead atoms. The quantitative estimate of drug-likeness (QED) is 0.466. The Morgan fingerprint density at radius 3 is 2.11 bits per heavy atom. The van der Waals surface area contributed by atoms with Crippen molar-refractivity contribution >= 4 is 23.3 Å². The van der Waals surface area contributed by atoms with Crippen molar-refractivity contribution in [2.24, 2.45) is 0 Å². The van der Waals surface area contributed by atoms with Gasteiger partial charge < -0.3 is 25.0 Å². The highest BCUT2D eigenvalue weighted by Crippen LogP contribution is 2.21. The number of likely N-dealkylation sites (N-methyl/N-ethyl adjacent to an activating group) is 1. The van der Waals surface area contributed by atoms with Crippen LogP contribution in [0.5, 0.6) is 0 Å². The van der Waals surface area contributed by atoms with E-state index in [0.29, 0.717) is 6.04 Å². The summed E-state index contributed by atoms with van der Waals surface area (Å²) >= 11 is 1.80. The molecule has 1 atom stereocenters. The molecule has 3 N–H and O–H groups in total. The van der Waals surface area contributed by atoms with Crippen LogP contribution in [0.3, 0.4) is 0 Å². The van der Waals surface area contributed by atoms with E-state index in [4.69, 9.17) is 19.8 Å². The molecule has 37 heavy (non-hydrogen) atoms. The van der Waals surface area contributed by atoms with E-state index in [0.717, 1.165) is 38.9 Å². The average molecular weight is 560 g/mol. The lowest BCUT2D eigenvalue weighted by Gasteiger charge is -2.28. The number of nitrogens with one attached hydrogen (secondary N) is 1. The van der Waals surface area contributed by atoms with Crippen LogP contribution in [0.15, 0.2) is 34.4 Å². The first-order valence-electron chi connectivity index (χ1n) is 10.7. The van der Waals surface area contributed by atoms with Crippen LogP contribution in [0.4, 0.5) is 26.3 Å². The molecule has 2 aromatic rings. The molecular formula is C22H27F6N3O5S. The molecule has 0 aromatic carbocycles. The smallest absolute Gasteiger partial charge is 0.475 e. The number of alkyl halides is 6. The second kappa shape index (κ2) is 14.1. The molecule has 15 heteroatoms. The minimum atomic E-state index is -5.08. The number of carboxylic acid groups (broad SMARTS) is 2. The van der Waals surface area contributed by atoms with Crippen molar-refractivity contribution in [1.29, 1.82) is 0 Å². The van der Waals surface area contributed by atoms with E-state index in [1.165, 1.54) is 16.1 Å². The molecule has 0 aliphatic heterocycles. The SMILES string of the molecule is CN(C)CCn1c2c(ccc1=O)CC(NCc1cccs1)CC2.O=C(O)C(F)(F)F.O=C(O)C(F)(F)F. The van der Waals surface area contributed by atoms with Crippen LogP contribution in [0.2, 0.25) is 0 Å². The zero-order valence-corrected chi connectivity index (χ0v) is 20.7. The van der Waals surface area contributed by atoms with Gasteiger partial charge in [-0.25, -0.2) is 9.59 Å². The maximum absolute atomic E-state index is 12.2. The fourth-order valence-corrected chi connectivity index (χ4v) is 3.86. The fourth-order valence-electron chi connectivity index (χ4n) is 3.20. The highest BCUT2D eigenvalue weighted by atomic mass is 32.1. The molecule has 2 heterocycles. The molecule has 1 aliphatic carbocycles. The average Bonchev–Trinajstić information content (AvgIpc) is 3.30. The molecule has 0 amide bonds. The van der Waals surface area contributed by atoms with Crippen LogP contribution in [0.1, 0.15) is 22.6 Å². The minimum Gasteiger partial charge on any atom is -0.475 e. The summed E-state index contributed by atoms with van der Waals surface area (Å²) in [5.74, 6) is -5.51. The lowest BCUT2D eigenvalue weighted by atomic mass is 9.91. The van der Waals surface area contributed by atoms with E-state index < -0.39 is 24.3 Å². The Morgan fingerprint density at radius 2 is 1.65 bits per heavy atom. The third-order valence-corrected chi connectivity index (χ3v) is 5.86. The number of pyridine rings is 1. The summed E-state index contributed by atoms with van der Waals surface area (Å²) < 4.78 is 65.4. The lowest BCUT2D eigenvalue weighted by molar-refractivity contribution is -0.193. The van der Waals surface area contributed by atoms with E-state index in [1.807, 2.05) is 24.7 Å². The van der Waals surface area contributed by atoms with Gasteiger partial charge in [0.25, 0.3) is 5.56 Å². The van der Waals surface area contributed by atoms with Crippen molar-refractivity contribution in [2.75, 3.05) is 20.6 Å². The maximum Gasteiger partial charge on any atom is 0.490 e. The fraction of sp³-hybridized carbons (Fsp3) is 0.500. The maximum atomic E-state index is 12.2. The first-order valence-corrected chi connectivity index (χ1v) is 11.6. The Labute approximate surface area is 212 Å². The molecule has 3 rings (SSSR count). The Bertz CT molecular complexity index is 1040. The molecule has 1 aliphatic rings. The predicted molar refractivity (Wildman–Crippen MR) is 124 cm³/mol. The second-order valence-electron chi connectivity index (χ2n) is 8.10. The molecule has 0 spiro atoms. The van der Waals surface area contributed by atoms with E-state index in [1.54, 1.807) is 17.4 Å². The molecule has 1 unspecified atom stereocenters. The number of hydrogen-bond donors (Lipinski definition) is 3. The van der Waals surface area contributed by atoms with Gasteiger partial charge in [0.1, 0.15) is 0 Å². The number of carboxylic acids is 2. The van der Waals surface area contributed by atoms with Crippen molar-refractivity contribution in [3.8, 4) is 0 Å². The first-order chi connectivity index (χ1) is 17.0. The van der Waals surface area contributed by atoms with Crippen molar-refractivity contribution in [1.82, 2.24) is 14.8 Å². The summed E-state index contributed by atoms with van der Waals surface area (Å²) in [5, 5.41) is 20.0. The Hall–Kier alpha value is -2.91. The van der Waals surface area contributed by atoms with Crippen LogP contribution < -0.4 is 10.9 Å². The van der Waals surface area contributed by atoms with Gasteiger partial charge in [-0.15, -0.1) is 11.3 Å². The first kappa shape index (κ1) is 32.1. The van der Waals surface area contributed by atoms with Gasteiger partial charge in [-0.2, -0.15) is 26.3 Å². The van der Waals surface area contributed by atoms with Gasteiger partial charge in [-0.1, -0.05) is 12.1 Å². The van der Waals surface area contributed by atoms with Gasteiger partial charge in [0.2, 0.25) is 0 Å². The van der Waals surface area contributed by atoms with E-state index in [2.05, 4.69) is 27.7 Å². The standard InChI is InChI=1S/C18H25N3OS.2C2HF3O2/c1-20(2)9-10-21-17-7-6-15(12-14(17)5-8-18(21)22)19-13-16-4-3-11-23-16;2*3-2(4,5)1(6)7/h3-5,8,11,15,19H,6-7,9-10,12-13H2,1-2H3;2*(H,6,7). The Balaban J connectivity index is 0.000000404. The third-order valence-electron chi connectivity index (χ3n) is 4.99. The monoisotopic (exact) mass is 559 g/mol. The van der Waals surface area contributed by atoms with Gasteiger partial charge in [0.15, 0.2) is 0 Å². The number of fused-ring (bicyclic) bond motifs is 1. The zero-order valence-electron chi connectivity index (χ0n) is 19.9. The summed E-state index contributed by atoms with van der Waals surface area (Å²) in [7, 11) is 4.09. The molecule has 0 radical (unpaired) electrons. The Kier molecular flexibility index (Phi) is 12.3. The number of thiophene rings is 1. The normalized spacial score (nSPS) is 15.1. The van der Waals surface area contributed by atoms with Gasteiger partial charge in [0, 0.05) is 42.3 Å². The molecule has 0 fully saturated rings. The van der Waals surface area contributed by atoms with Crippen LogP contribution in [0, 0.1) is 0 Å². The summed E-state index contributed by atoms with van der Waals surface area (Å²) in [6.45, 7) is 2.62. The van der Waals surface area contributed by atoms with Crippen molar-refractivity contribution in [3.05, 3.63) is 56.1 Å². The molecular weight excluding hydrogens is 532 g/mol. The zero-order chi connectivity index (χ0) is 28.4. The molecule has 0 saturated heterocycles. The van der Waals surface area contributed by atoms with Gasteiger partial charge in [0.05, 0.1) is 0 Å². The topological polar surface area (TPSA) is 112 Å². The largest absolute Gasteiger partial charge is 0.490 e. The van der Waals surface area contributed by atoms with Crippen LogP contribution in [0.25, 0.3) is 0 Å². The van der Waals surface area contributed by atoms with Crippen LogP contribution >= 0.6 is 11.3 Å². The van der Waals surface area contributed by atoms with Crippen molar-refractivity contribution < 1.29 is 46.1 Å². The predicted octanol–water partition coefficient (Wildman–Crippen LogP) is 3.39. The Morgan fingerprint density at radius 1 is 1.08 bits per heavy atom. The number of halogens is 6. The number of hydrogen-bond acceptors (Lipinski definition) is 6. The van der Waals surface area contributed by atoms with E-state index in [-0.39, 0.29) is 5.56 Å². The second-order valence-corrected chi connectivity index (χ2v) is 9.14. The summed E-state index contributed by atoms with van der Waals surface area (Å²) in [5.41, 5.74) is 2.71. The van der Waals surface area contributed by atoms with Gasteiger partial charge >= 0.3 is 24.3 Å². The summed E-state index contributed by atoms with van der Waals surface area (Å²) in [4.78, 5) is 33.5. The van der Waals surface area contributed by atoms with E-state index >= 15 is 0 Å². The van der Waals surface area contributed by atoms with Crippen LogP contribution in [-0.2, 0) is 35.5 Å². The molecule has 208 valence electrons. The van der Waals surface area contributed by atoms with Crippen molar-refractivity contribution in [2.45, 2.75) is 50.7 Å². The third kappa shape index (κ3) is 11.8. The van der Waals surface area contributed by atoms with E-state index in [9.17, 15) is 31.1 Å². The van der Waals surface area contributed by atoms with Gasteiger partial charge in [-0.3, -0.25) is 4.79 Å². The van der Waals surface area contributed by atoms with Crippen LogP contribution in [-0.4, -0.2) is 70.7 Å². The number of rotatable bonds is 6.